The van der Waals surface area contributed by atoms with Crippen molar-refractivity contribution in [3.8, 4) is 0 Å². The number of carbonyl (C=O) groups excluding carboxylic acids is 1. The van der Waals surface area contributed by atoms with Gasteiger partial charge in [-0.2, -0.15) is 0 Å². The number of hydrogen-bond acceptors (Lipinski definition) is 5. The van der Waals surface area contributed by atoms with Crippen LogP contribution >= 0.6 is 0 Å². The van der Waals surface area contributed by atoms with Crippen LogP contribution in [0.5, 0.6) is 0 Å². The summed E-state index contributed by atoms with van der Waals surface area (Å²) in [5.41, 5.74) is 0. The molecule has 0 bridgehead atoms. The highest BCUT2D eigenvalue weighted by atomic mass is 16.5. The zero-order valence-electron chi connectivity index (χ0n) is 12.1. The monoisotopic (exact) mass is 286 g/mol. The lowest BCUT2D eigenvalue weighted by atomic mass is 9.98. The summed E-state index contributed by atoms with van der Waals surface area (Å²) in [5, 5.41) is 29.4. The first-order valence-electron chi connectivity index (χ1n) is 7.42. The van der Waals surface area contributed by atoms with Gasteiger partial charge in [-0.15, -0.1) is 0 Å². The van der Waals surface area contributed by atoms with Crippen molar-refractivity contribution in [2.24, 2.45) is 0 Å². The van der Waals surface area contributed by atoms with E-state index in [0.29, 0.717) is 19.3 Å². The van der Waals surface area contributed by atoms with E-state index in [1.807, 2.05) is 6.92 Å². The minimum Gasteiger partial charge on any atom is -0.459 e. The molecule has 20 heavy (non-hydrogen) atoms. The molecule has 5 heteroatoms. The van der Waals surface area contributed by atoms with E-state index < -0.39 is 18.3 Å². The molecule has 0 spiro atoms. The van der Waals surface area contributed by atoms with Gasteiger partial charge in [-0.05, 0) is 19.3 Å². The molecule has 0 fully saturated rings. The van der Waals surface area contributed by atoms with Gasteiger partial charge in [0, 0.05) is 18.9 Å². The van der Waals surface area contributed by atoms with Crippen LogP contribution in [-0.2, 0) is 9.53 Å². The molecule has 4 atom stereocenters. The standard InChI is InChI=1S/C15H26O5/c1-2-3-5-11(16)8-12(17)9-13(18)10-14-6-4-7-15(19)20-14/h4,7,11-14,16-18H,2-3,5-6,8-10H2,1H3/t11-,12+,13-,14+/m0/s1. The van der Waals surface area contributed by atoms with Crippen LogP contribution in [0, 0.1) is 0 Å². The normalized spacial score (nSPS) is 23.2. The number of rotatable bonds is 9. The Bertz CT molecular complexity index is 315. The molecular weight excluding hydrogens is 260 g/mol. The molecule has 5 nitrogen and oxygen atoms in total. The number of hydrogen-bond donors (Lipinski definition) is 3. The number of carbonyl (C=O) groups is 1. The number of esters is 1. The molecule has 1 rings (SSSR count). The Hall–Kier alpha value is -0.910. The summed E-state index contributed by atoms with van der Waals surface area (Å²) >= 11 is 0. The van der Waals surface area contributed by atoms with Gasteiger partial charge in [-0.1, -0.05) is 25.8 Å². The molecule has 1 aliphatic heterocycles. The molecule has 3 N–H and O–H groups in total. The van der Waals surface area contributed by atoms with Gasteiger partial charge in [-0.3, -0.25) is 0 Å². The topological polar surface area (TPSA) is 87.0 Å². The second-order valence-corrected chi connectivity index (χ2v) is 5.51. The van der Waals surface area contributed by atoms with E-state index in [1.54, 1.807) is 6.08 Å². The van der Waals surface area contributed by atoms with E-state index in [0.717, 1.165) is 12.8 Å². The number of cyclic esters (lactones) is 1. The van der Waals surface area contributed by atoms with Crippen molar-refractivity contribution in [3.63, 3.8) is 0 Å². The van der Waals surface area contributed by atoms with Gasteiger partial charge >= 0.3 is 5.97 Å². The molecule has 0 saturated heterocycles. The smallest absolute Gasteiger partial charge is 0.330 e. The van der Waals surface area contributed by atoms with Gasteiger partial charge in [0.25, 0.3) is 0 Å². The summed E-state index contributed by atoms with van der Waals surface area (Å²) in [4.78, 5) is 11.0. The summed E-state index contributed by atoms with van der Waals surface area (Å²) < 4.78 is 5.06. The van der Waals surface area contributed by atoms with Crippen LogP contribution in [0.3, 0.4) is 0 Å². The highest BCUT2D eigenvalue weighted by Gasteiger charge is 2.22. The Kier molecular flexibility index (Phi) is 7.80. The zero-order chi connectivity index (χ0) is 15.0. The molecular formula is C15H26O5. The molecule has 0 aromatic rings. The molecule has 0 aromatic heterocycles. The minimum atomic E-state index is -0.730. The van der Waals surface area contributed by atoms with Gasteiger partial charge in [-0.25, -0.2) is 4.79 Å². The highest BCUT2D eigenvalue weighted by Crippen LogP contribution is 2.17. The predicted octanol–water partition coefficient (Wildman–Crippen LogP) is 1.30. The molecule has 0 saturated carbocycles. The van der Waals surface area contributed by atoms with Crippen molar-refractivity contribution >= 4 is 5.97 Å². The van der Waals surface area contributed by atoms with Crippen LogP contribution < -0.4 is 0 Å². The van der Waals surface area contributed by atoms with Gasteiger partial charge in [0.1, 0.15) is 6.10 Å². The van der Waals surface area contributed by atoms with Crippen LogP contribution in [0.25, 0.3) is 0 Å². The van der Waals surface area contributed by atoms with E-state index in [4.69, 9.17) is 4.74 Å². The number of unbranched alkanes of at least 4 members (excludes halogenated alkanes) is 1. The summed E-state index contributed by atoms with van der Waals surface area (Å²) in [7, 11) is 0. The van der Waals surface area contributed by atoms with Crippen LogP contribution in [-0.4, -0.2) is 45.7 Å². The fourth-order valence-electron chi connectivity index (χ4n) is 2.39. The first-order chi connectivity index (χ1) is 9.51. The van der Waals surface area contributed by atoms with E-state index in [2.05, 4.69) is 0 Å². The van der Waals surface area contributed by atoms with Crippen LogP contribution in [0.15, 0.2) is 12.2 Å². The molecule has 0 unspecified atom stereocenters. The molecule has 1 aliphatic rings. The first kappa shape index (κ1) is 17.1. The molecule has 0 amide bonds. The number of aliphatic hydroxyl groups is 3. The predicted molar refractivity (Wildman–Crippen MR) is 75.0 cm³/mol. The van der Waals surface area contributed by atoms with Gasteiger partial charge in [0.2, 0.25) is 0 Å². The summed E-state index contributed by atoms with van der Waals surface area (Å²) in [6.07, 6.45) is 4.81. The fraction of sp³-hybridized carbons (Fsp3) is 0.800. The third-order valence-corrected chi connectivity index (χ3v) is 3.45. The van der Waals surface area contributed by atoms with Gasteiger partial charge in [0.15, 0.2) is 0 Å². The Morgan fingerprint density at radius 2 is 1.95 bits per heavy atom. The summed E-state index contributed by atoms with van der Waals surface area (Å²) in [6.45, 7) is 2.05. The SMILES string of the molecule is CCCC[C@H](O)C[C@@H](O)C[C@H](O)C[C@H]1CC=CC(=O)O1. The van der Waals surface area contributed by atoms with E-state index >= 15 is 0 Å². The van der Waals surface area contributed by atoms with Gasteiger partial charge in [0.05, 0.1) is 18.3 Å². The van der Waals surface area contributed by atoms with Crippen molar-refractivity contribution in [2.45, 2.75) is 76.3 Å². The first-order valence-corrected chi connectivity index (χ1v) is 7.42. The Morgan fingerprint density at radius 1 is 1.25 bits per heavy atom. The Labute approximate surface area is 120 Å². The zero-order valence-corrected chi connectivity index (χ0v) is 12.1. The average Bonchev–Trinajstić information content (AvgIpc) is 2.35. The maximum Gasteiger partial charge on any atom is 0.330 e. The fourth-order valence-corrected chi connectivity index (χ4v) is 2.39. The highest BCUT2D eigenvalue weighted by molar-refractivity contribution is 5.82. The number of aliphatic hydroxyl groups excluding tert-OH is 3. The largest absolute Gasteiger partial charge is 0.459 e. The average molecular weight is 286 g/mol. The molecule has 116 valence electrons. The summed E-state index contributed by atoms with van der Waals surface area (Å²) in [6, 6.07) is 0. The van der Waals surface area contributed by atoms with Crippen molar-refractivity contribution < 1.29 is 24.9 Å². The van der Waals surface area contributed by atoms with Crippen molar-refractivity contribution in [3.05, 3.63) is 12.2 Å². The second kappa shape index (κ2) is 9.10. The second-order valence-electron chi connectivity index (χ2n) is 5.51. The van der Waals surface area contributed by atoms with Crippen molar-refractivity contribution in [2.75, 3.05) is 0 Å². The lowest BCUT2D eigenvalue weighted by molar-refractivity contribution is -0.145. The van der Waals surface area contributed by atoms with Gasteiger partial charge < -0.3 is 20.1 Å². The summed E-state index contributed by atoms with van der Waals surface area (Å²) in [5.74, 6) is -0.385. The lowest BCUT2D eigenvalue weighted by Crippen LogP contribution is -2.28. The molecule has 0 aromatic carbocycles. The van der Waals surface area contributed by atoms with E-state index in [9.17, 15) is 20.1 Å². The third-order valence-electron chi connectivity index (χ3n) is 3.45. The Morgan fingerprint density at radius 3 is 2.60 bits per heavy atom. The molecule has 0 aliphatic carbocycles. The number of ether oxygens (including phenoxy) is 1. The quantitative estimate of drug-likeness (QED) is 0.556. The Balaban J connectivity index is 2.22. The van der Waals surface area contributed by atoms with E-state index in [-0.39, 0.29) is 24.9 Å². The van der Waals surface area contributed by atoms with Crippen LogP contribution in [0.1, 0.15) is 51.9 Å². The minimum absolute atomic E-state index is 0.195. The van der Waals surface area contributed by atoms with E-state index in [1.165, 1.54) is 6.08 Å². The van der Waals surface area contributed by atoms with Crippen LogP contribution in [0.2, 0.25) is 0 Å². The third kappa shape index (κ3) is 7.03. The maximum absolute atomic E-state index is 11.0. The maximum atomic E-state index is 11.0. The lowest BCUT2D eigenvalue weighted by Gasteiger charge is -2.23. The molecule has 1 heterocycles. The van der Waals surface area contributed by atoms with Crippen molar-refractivity contribution in [1.29, 1.82) is 0 Å². The van der Waals surface area contributed by atoms with Crippen molar-refractivity contribution in [1.82, 2.24) is 0 Å². The molecule has 0 radical (unpaired) electrons. The van der Waals surface area contributed by atoms with Crippen LogP contribution in [0.4, 0.5) is 0 Å².